The molecule has 3 saturated carbocycles. The number of oxime groups is 1. The number of hydrogen-bond donors (Lipinski definition) is 1. The molecule has 0 bridgehead atoms. The summed E-state index contributed by atoms with van der Waals surface area (Å²) in [6.07, 6.45) is 14.5. The summed E-state index contributed by atoms with van der Waals surface area (Å²) < 4.78 is 0. The predicted molar refractivity (Wildman–Crippen MR) is 121 cm³/mol. The predicted octanol–water partition coefficient (Wildman–Crippen LogP) is 5.17. The van der Waals surface area contributed by atoms with Crippen molar-refractivity contribution in [1.29, 1.82) is 0 Å². The van der Waals surface area contributed by atoms with E-state index >= 15 is 0 Å². The van der Waals surface area contributed by atoms with Crippen LogP contribution in [0.2, 0.25) is 0 Å². The number of rotatable bonds is 4. The maximum atomic E-state index is 11.1. The summed E-state index contributed by atoms with van der Waals surface area (Å²) in [4.78, 5) is 8.20. The van der Waals surface area contributed by atoms with Crippen LogP contribution < -0.4 is 0 Å². The normalized spacial score (nSPS) is 47.5. The second kappa shape index (κ2) is 7.62. The van der Waals surface area contributed by atoms with Gasteiger partial charge in [-0.15, -0.1) is 0 Å². The maximum Gasteiger partial charge on any atom is 0.129 e. The van der Waals surface area contributed by atoms with E-state index < -0.39 is 5.60 Å². The zero-order valence-electron chi connectivity index (χ0n) is 19.5. The van der Waals surface area contributed by atoms with Gasteiger partial charge < -0.3 is 9.94 Å². The summed E-state index contributed by atoms with van der Waals surface area (Å²) in [5, 5.41) is 15.6. The van der Waals surface area contributed by atoms with E-state index in [0.717, 1.165) is 43.5 Å². The molecule has 0 radical (unpaired) electrons. The molecule has 0 amide bonds. The van der Waals surface area contributed by atoms with Crippen molar-refractivity contribution in [2.45, 2.75) is 90.6 Å². The van der Waals surface area contributed by atoms with Gasteiger partial charge in [-0.1, -0.05) is 24.6 Å². The molecule has 4 fully saturated rings. The summed E-state index contributed by atoms with van der Waals surface area (Å²) in [6, 6.07) is 0. The van der Waals surface area contributed by atoms with Crippen LogP contribution in [-0.2, 0) is 4.84 Å². The van der Waals surface area contributed by atoms with Crippen molar-refractivity contribution in [2.75, 3.05) is 26.2 Å². The van der Waals surface area contributed by atoms with Gasteiger partial charge in [0.2, 0.25) is 0 Å². The first kappa shape index (κ1) is 21.0. The number of aliphatic hydroxyl groups is 1. The highest BCUT2D eigenvalue weighted by Crippen LogP contribution is 2.67. The van der Waals surface area contributed by atoms with Crippen LogP contribution in [-0.4, -0.2) is 47.6 Å². The molecule has 168 valence electrons. The lowest BCUT2D eigenvalue weighted by molar-refractivity contribution is -0.117. The highest BCUT2D eigenvalue weighted by atomic mass is 16.6. The number of likely N-dealkylation sites (tertiary alicyclic amines) is 1. The average molecular weight is 415 g/mol. The second-order valence-electron chi connectivity index (χ2n) is 11.7. The van der Waals surface area contributed by atoms with E-state index in [4.69, 9.17) is 4.84 Å². The second-order valence-corrected chi connectivity index (χ2v) is 11.7. The fourth-order valence-electron chi connectivity index (χ4n) is 8.19. The Bertz CT molecular complexity index is 723. The van der Waals surface area contributed by atoms with Crippen molar-refractivity contribution in [3.05, 3.63) is 11.6 Å². The van der Waals surface area contributed by atoms with Crippen LogP contribution in [0, 0.1) is 28.6 Å². The molecule has 1 saturated heterocycles. The van der Waals surface area contributed by atoms with Gasteiger partial charge in [-0.3, -0.25) is 4.90 Å². The molecule has 6 atom stereocenters. The Hall–Kier alpha value is -0.870. The van der Waals surface area contributed by atoms with Gasteiger partial charge in [0.05, 0.1) is 11.3 Å². The average Bonchev–Trinajstić information content (AvgIpc) is 3.31. The van der Waals surface area contributed by atoms with Crippen molar-refractivity contribution < 1.29 is 9.94 Å². The lowest BCUT2D eigenvalue weighted by Crippen LogP contribution is -2.53. The molecule has 4 nitrogen and oxygen atoms in total. The molecule has 0 aromatic rings. The SMILES string of the molecule is C[C@]12CC/C(=N\OCCN3CCCC3)C=C1CCC1C2CC[C@@]2(C)C1CC[C@]2(C)O. The lowest BCUT2D eigenvalue weighted by Gasteiger charge is -2.59. The third kappa shape index (κ3) is 3.28. The van der Waals surface area contributed by atoms with Crippen molar-refractivity contribution in [1.82, 2.24) is 4.90 Å². The van der Waals surface area contributed by atoms with E-state index in [1.807, 2.05) is 0 Å². The third-order valence-electron chi connectivity index (χ3n) is 10.4. The van der Waals surface area contributed by atoms with E-state index in [1.54, 1.807) is 5.57 Å². The topological polar surface area (TPSA) is 45.1 Å². The van der Waals surface area contributed by atoms with Gasteiger partial charge >= 0.3 is 0 Å². The highest BCUT2D eigenvalue weighted by Gasteiger charge is 2.62. The molecule has 1 N–H and O–H groups in total. The zero-order valence-corrected chi connectivity index (χ0v) is 19.5. The molecule has 1 aliphatic heterocycles. The van der Waals surface area contributed by atoms with Crippen LogP contribution in [0.5, 0.6) is 0 Å². The van der Waals surface area contributed by atoms with Crippen molar-refractivity contribution in [3.63, 3.8) is 0 Å². The summed E-state index contributed by atoms with van der Waals surface area (Å²) in [6.45, 7) is 11.2. The summed E-state index contributed by atoms with van der Waals surface area (Å²) in [5.74, 6) is 2.27. The number of allylic oxidation sites excluding steroid dienone is 2. The van der Waals surface area contributed by atoms with Gasteiger partial charge in [0.1, 0.15) is 6.61 Å². The minimum atomic E-state index is -0.474. The highest BCUT2D eigenvalue weighted by molar-refractivity contribution is 5.96. The van der Waals surface area contributed by atoms with Gasteiger partial charge in [0.25, 0.3) is 0 Å². The zero-order chi connectivity index (χ0) is 21.0. The quantitative estimate of drug-likeness (QED) is 0.510. The van der Waals surface area contributed by atoms with Gasteiger partial charge in [-0.2, -0.15) is 0 Å². The maximum absolute atomic E-state index is 11.1. The first-order chi connectivity index (χ1) is 14.3. The smallest absolute Gasteiger partial charge is 0.129 e. The van der Waals surface area contributed by atoms with Gasteiger partial charge in [0.15, 0.2) is 0 Å². The van der Waals surface area contributed by atoms with E-state index in [9.17, 15) is 5.11 Å². The van der Waals surface area contributed by atoms with Crippen LogP contribution in [0.4, 0.5) is 0 Å². The first-order valence-corrected chi connectivity index (χ1v) is 12.7. The molecule has 3 unspecified atom stereocenters. The van der Waals surface area contributed by atoms with E-state index in [-0.39, 0.29) is 5.41 Å². The fourth-order valence-corrected chi connectivity index (χ4v) is 8.19. The van der Waals surface area contributed by atoms with Crippen LogP contribution in [0.1, 0.15) is 85.0 Å². The Morgan fingerprint density at radius 1 is 1.03 bits per heavy atom. The molecule has 4 aliphatic carbocycles. The third-order valence-corrected chi connectivity index (χ3v) is 10.4. The van der Waals surface area contributed by atoms with E-state index in [1.165, 1.54) is 64.5 Å². The number of nitrogens with zero attached hydrogens (tertiary/aromatic N) is 2. The Morgan fingerprint density at radius 2 is 1.80 bits per heavy atom. The van der Waals surface area contributed by atoms with Gasteiger partial charge in [-0.25, -0.2) is 0 Å². The Labute approximate surface area is 183 Å². The molecular weight excluding hydrogens is 372 g/mol. The monoisotopic (exact) mass is 414 g/mol. The summed E-state index contributed by atoms with van der Waals surface area (Å²) in [7, 11) is 0. The molecule has 0 aromatic carbocycles. The minimum absolute atomic E-state index is 0.121. The number of hydrogen-bond acceptors (Lipinski definition) is 4. The summed E-state index contributed by atoms with van der Waals surface area (Å²) >= 11 is 0. The number of fused-ring (bicyclic) bond motifs is 5. The van der Waals surface area contributed by atoms with Crippen molar-refractivity contribution >= 4 is 5.71 Å². The van der Waals surface area contributed by atoms with Crippen LogP contribution in [0.25, 0.3) is 0 Å². The van der Waals surface area contributed by atoms with E-state index in [2.05, 4.69) is 36.9 Å². The molecule has 0 aromatic heterocycles. The van der Waals surface area contributed by atoms with Crippen molar-refractivity contribution in [3.8, 4) is 0 Å². The molecule has 30 heavy (non-hydrogen) atoms. The summed E-state index contributed by atoms with van der Waals surface area (Å²) in [5.41, 5.74) is 2.76. The Morgan fingerprint density at radius 3 is 2.60 bits per heavy atom. The molecule has 5 rings (SSSR count). The lowest BCUT2D eigenvalue weighted by atomic mass is 9.46. The minimum Gasteiger partial charge on any atom is -0.394 e. The largest absolute Gasteiger partial charge is 0.394 e. The molecule has 1 heterocycles. The molecule has 5 aliphatic rings. The van der Waals surface area contributed by atoms with E-state index in [0.29, 0.717) is 11.3 Å². The van der Waals surface area contributed by atoms with Crippen LogP contribution >= 0.6 is 0 Å². The molecule has 0 spiro atoms. The Kier molecular flexibility index (Phi) is 5.33. The van der Waals surface area contributed by atoms with Crippen LogP contribution in [0.15, 0.2) is 16.8 Å². The van der Waals surface area contributed by atoms with Gasteiger partial charge in [-0.05, 0) is 119 Å². The molecular formula is C26H42N2O2. The van der Waals surface area contributed by atoms with Crippen LogP contribution in [0.3, 0.4) is 0 Å². The molecule has 4 heteroatoms. The first-order valence-electron chi connectivity index (χ1n) is 12.7. The van der Waals surface area contributed by atoms with Crippen molar-refractivity contribution in [2.24, 2.45) is 33.7 Å². The fraction of sp³-hybridized carbons (Fsp3) is 0.885. The van der Waals surface area contributed by atoms with Gasteiger partial charge in [0, 0.05) is 6.54 Å². The Balaban J connectivity index is 1.26. The standard InChI is InChI=1S/C26H42N2O2/c1-24-11-8-20(27-30-17-16-28-14-4-5-15-28)18-19(24)6-7-21-22(24)9-12-25(2)23(21)10-13-26(25,3)29/h18,21-23,29H,4-17H2,1-3H3/b27-20+/t21?,22?,23?,24-,25-,26-/m0/s1.